The summed E-state index contributed by atoms with van der Waals surface area (Å²) in [4.78, 5) is 2.65. The first kappa shape index (κ1) is 11.1. The fraction of sp³-hybridized carbons (Fsp3) is 0.667. The van der Waals surface area contributed by atoms with Crippen LogP contribution in [0.25, 0.3) is 0 Å². The van der Waals surface area contributed by atoms with Gasteiger partial charge in [-0.05, 0) is 31.9 Å². The fourth-order valence-electron chi connectivity index (χ4n) is 2.34. The molecule has 1 aliphatic rings. The molecule has 84 valence electrons. The monoisotopic (exact) mass is 225 g/mol. The van der Waals surface area contributed by atoms with Crippen molar-refractivity contribution < 1.29 is 4.74 Å². The van der Waals surface area contributed by atoms with Gasteiger partial charge in [0.2, 0.25) is 0 Å². The van der Waals surface area contributed by atoms with E-state index in [-0.39, 0.29) is 6.04 Å². The van der Waals surface area contributed by atoms with Gasteiger partial charge >= 0.3 is 0 Å². The lowest BCUT2D eigenvalue weighted by Crippen LogP contribution is -2.27. The predicted octanol–water partition coefficient (Wildman–Crippen LogP) is 2.87. The molecule has 1 aliphatic heterocycles. The lowest BCUT2D eigenvalue weighted by Gasteiger charge is -2.22. The van der Waals surface area contributed by atoms with Gasteiger partial charge in [0.25, 0.3) is 0 Å². The zero-order valence-electron chi connectivity index (χ0n) is 9.40. The first-order valence-corrected chi connectivity index (χ1v) is 6.47. The second kappa shape index (κ2) is 4.64. The molecule has 0 saturated carbocycles. The molecule has 1 saturated heterocycles. The molecule has 3 heteroatoms. The third kappa shape index (κ3) is 2.25. The Hall–Kier alpha value is -0.380. The van der Waals surface area contributed by atoms with Crippen molar-refractivity contribution in [1.82, 2.24) is 0 Å². The topological polar surface area (TPSA) is 35.2 Å². The highest BCUT2D eigenvalue weighted by Crippen LogP contribution is 2.35. The summed E-state index contributed by atoms with van der Waals surface area (Å²) < 4.78 is 5.69. The summed E-state index contributed by atoms with van der Waals surface area (Å²) in [6, 6.07) is 4.47. The number of rotatable bonds is 3. The molecule has 1 fully saturated rings. The van der Waals surface area contributed by atoms with Crippen LogP contribution in [0, 0.1) is 12.8 Å². The van der Waals surface area contributed by atoms with E-state index in [1.807, 2.05) is 11.3 Å². The fourth-order valence-corrected chi connectivity index (χ4v) is 3.29. The van der Waals surface area contributed by atoms with E-state index in [9.17, 15) is 0 Å². The Morgan fingerprint density at radius 3 is 3.00 bits per heavy atom. The van der Waals surface area contributed by atoms with E-state index in [2.05, 4.69) is 26.0 Å². The molecule has 3 unspecified atom stereocenters. The first-order valence-electron chi connectivity index (χ1n) is 5.66. The van der Waals surface area contributed by atoms with Crippen molar-refractivity contribution in [3.8, 4) is 0 Å². The Morgan fingerprint density at radius 1 is 1.60 bits per heavy atom. The van der Waals surface area contributed by atoms with Crippen LogP contribution in [0.3, 0.4) is 0 Å². The third-order valence-corrected chi connectivity index (χ3v) is 4.32. The normalized spacial score (nSPS) is 28.2. The van der Waals surface area contributed by atoms with Crippen LogP contribution in [0.1, 0.15) is 35.6 Å². The van der Waals surface area contributed by atoms with Crippen molar-refractivity contribution in [2.45, 2.75) is 38.8 Å². The highest BCUT2D eigenvalue weighted by atomic mass is 32.1. The number of nitrogens with two attached hydrogens (primary N) is 1. The van der Waals surface area contributed by atoms with Crippen LogP contribution in [0.15, 0.2) is 12.1 Å². The van der Waals surface area contributed by atoms with Gasteiger partial charge < -0.3 is 10.5 Å². The van der Waals surface area contributed by atoms with E-state index < -0.39 is 0 Å². The Kier molecular flexibility index (Phi) is 3.44. The summed E-state index contributed by atoms with van der Waals surface area (Å²) >= 11 is 1.81. The van der Waals surface area contributed by atoms with E-state index in [1.54, 1.807) is 0 Å². The van der Waals surface area contributed by atoms with Crippen LogP contribution >= 0.6 is 11.3 Å². The molecule has 0 aliphatic carbocycles. The van der Waals surface area contributed by atoms with Crippen LogP contribution in [0.2, 0.25) is 0 Å². The van der Waals surface area contributed by atoms with Crippen LogP contribution in [-0.4, -0.2) is 12.7 Å². The molecular formula is C12H19NOS. The zero-order chi connectivity index (χ0) is 10.8. The molecule has 15 heavy (non-hydrogen) atoms. The maximum atomic E-state index is 6.31. The maximum Gasteiger partial charge on any atom is 0.0619 e. The number of hydrogen-bond acceptors (Lipinski definition) is 3. The van der Waals surface area contributed by atoms with Crippen molar-refractivity contribution in [3.63, 3.8) is 0 Å². The highest BCUT2D eigenvalue weighted by Gasteiger charge is 2.32. The predicted molar refractivity (Wildman–Crippen MR) is 64.1 cm³/mol. The van der Waals surface area contributed by atoms with Crippen molar-refractivity contribution >= 4 is 11.3 Å². The number of hydrogen-bond donors (Lipinski definition) is 1. The third-order valence-electron chi connectivity index (χ3n) is 3.21. The van der Waals surface area contributed by atoms with Gasteiger partial charge in [-0.15, -0.1) is 11.3 Å². The van der Waals surface area contributed by atoms with Crippen LogP contribution in [0.4, 0.5) is 0 Å². The summed E-state index contributed by atoms with van der Waals surface area (Å²) in [6.45, 7) is 5.18. The summed E-state index contributed by atoms with van der Waals surface area (Å²) in [7, 11) is 0. The maximum absolute atomic E-state index is 6.31. The van der Waals surface area contributed by atoms with Gasteiger partial charge in [-0.3, -0.25) is 0 Å². The summed E-state index contributed by atoms with van der Waals surface area (Å²) in [5.41, 5.74) is 6.31. The van der Waals surface area contributed by atoms with Crippen LogP contribution in [-0.2, 0) is 4.74 Å². The zero-order valence-corrected chi connectivity index (χ0v) is 10.2. The smallest absolute Gasteiger partial charge is 0.0619 e. The highest BCUT2D eigenvalue weighted by molar-refractivity contribution is 7.12. The average molecular weight is 225 g/mol. The number of ether oxygens (including phenoxy) is 1. The van der Waals surface area contributed by atoms with Gasteiger partial charge in [0.05, 0.1) is 6.10 Å². The van der Waals surface area contributed by atoms with E-state index in [1.165, 1.54) is 9.75 Å². The SMILES string of the molecule is CCC1OCCC1C(N)c1ccc(C)s1. The Labute approximate surface area is 95.4 Å². The molecule has 2 rings (SSSR count). The molecule has 1 aromatic heterocycles. The van der Waals surface area contributed by atoms with E-state index in [4.69, 9.17) is 10.5 Å². The first-order chi connectivity index (χ1) is 7.22. The molecule has 0 radical (unpaired) electrons. The van der Waals surface area contributed by atoms with E-state index in [0.29, 0.717) is 12.0 Å². The molecule has 0 amide bonds. The molecule has 3 atom stereocenters. The summed E-state index contributed by atoms with van der Waals surface area (Å²) in [5, 5.41) is 0. The van der Waals surface area contributed by atoms with Crippen molar-refractivity contribution in [3.05, 3.63) is 21.9 Å². The van der Waals surface area contributed by atoms with E-state index >= 15 is 0 Å². The van der Waals surface area contributed by atoms with Gasteiger partial charge in [0.15, 0.2) is 0 Å². The minimum atomic E-state index is 0.163. The van der Waals surface area contributed by atoms with Gasteiger partial charge in [0, 0.05) is 28.3 Å². The standard InChI is InChI=1S/C12H19NOS/c1-3-10-9(6-7-14-10)12(13)11-5-4-8(2)15-11/h4-5,9-10,12H,3,6-7,13H2,1-2H3. The van der Waals surface area contributed by atoms with E-state index in [0.717, 1.165) is 19.4 Å². The average Bonchev–Trinajstić information content (AvgIpc) is 2.84. The van der Waals surface area contributed by atoms with Crippen LogP contribution in [0.5, 0.6) is 0 Å². The van der Waals surface area contributed by atoms with Crippen molar-refractivity contribution in [2.75, 3.05) is 6.61 Å². The van der Waals surface area contributed by atoms with Gasteiger partial charge in [-0.2, -0.15) is 0 Å². The van der Waals surface area contributed by atoms with Gasteiger partial charge in [-0.25, -0.2) is 0 Å². The number of thiophene rings is 1. The van der Waals surface area contributed by atoms with Crippen molar-refractivity contribution in [1.29, 1.82) is 0 Å². The van der Waals surface area contributed by atoms with Gasteiger partial charge in [0.1, 0.15) is 0 Å². The second-order valence-electron chi connectivity index (χ2n) is 4.24. The molecule has 1 aromatic rings. The molecule has 2 N–H and O–H groups in total. The minimum Gasteiger partial charge on any atom is -0.378 e. The minimum absolute atomic E-state index is 0.163. The largest absolute Gasteiger partial charge is 0.378 e. The molecule has 2 heterocycles. The summed E-state index contributed by atoms with van der Waals surface area (Å²) in [5.74, 6) is 0.507. The lowest BCUT2D eigenvalue weighted by atomic mass is 9.91. The Morgan fingerprint density at radius 2 is 2.40 bits per heavy atom. The quantitative estimate of drug-likeness (QED) is 0.858. The Bertz CT molecular complexity index is 323. The van der Waals surface area contributed by atoms with Crippen molar-refractivity contribution in [2.24, 2.45) is 11.7 Å². The molecule has 2 nitrogen and oxygen atoms in total. The van der Waals surface area contributed by atoms with Crippen LogP contribution < -0.4 is 5.73 Å². The lowest BCUT2D eigenvalue weighted by molar-refractivity contribution is 0.0816. The molecule has 0 aromatic carbocycles. The van der Waals surface area contributed by atoms with Gasteiger partial charge in [-0.1, -0.05) is 6.92 Å². The number of aryl methyl sites for hydroxylation is 1. The Balaban J connectivity index is 2.10. The second-order valence-corrected chi connectivity index (χ2v) is 5.56. The molecular weight excluding hydrogens is 206 g/mol. The molecule has 0 spiro atoms. The molecule has 0 bridgehead atoms. The summed E-state index contributed by atoms with van der Waals surface area (Å²) in [6.07, 6.45) is 2.54.